The van der Waals surface area contributed by atoms with Crippen molar-refractivity contribution < 1.29 is 9.59 Å². The van der Waals surface area contributed by atoms with E-state index in [-0.39, 0.29) is 17.9 Å². The van der Waals surface area contributed by atoms with E-state index in [1.54, 1.807) is 26.2 Å². The summed E-state index contributed by atoms with van der Waals surface area (Å²) in [7, 11) is 1.60. The molecule has 1 aromatic heterocycles. The Morgan fingerprint density at radius 2 is 1.93 bits per heavy atom. The summed E-state index contributed by atoms with van der Waals surface area (Å²) < 4.78 is 0. The highest BCUT2D eigenvalue weighted by Gasteiger charge is 2.43. The van der Waals surface area contributed by atoms with Gasteiger partial charge in [0, 0.05) is 37.0 Å². The smallest absolute Gasteiger partial charge is 0.251 e. The largest absolute Gasteiger partial charge is 0.355 e. The SMILES string of the molecule is CNC(=O)c1ccc2c(c1)C(Nc1nccc(C)n1)=C(C)[C@H](C1CC1)N2C(C)=O. The van der Waals surface area contributed by atoms with Crippen LogP contribution >= 0.6 is 0 Å². The highest BCUT2D eigenvalue weighted by molar-refractivity contribution is 6.03. The van der Waals surface area contributed by atoms with Gasteiger partial charge in [-0.1, -0.05) is 0 Å². The lowest BCUT2D eigenvalue weighted by atomic mass is 9.89. The number of aryl methyl sites for hydroxylation is 1. The van der Waals surface area contributed by atoms with E-state index in [0.717, 1.165) is 41.1 Å². The van der Waals surface area contributed by atoms with Crippen LogP contribution in [-0.4, -0.2) is 34.9 Å². The van der Waals surface area contributed by atoms with E-state index in [0.29, 0.717) is 17.4 Å². The number of benzene rings is 1. The Kier molecular flexibility index (Phi) is 4.82. The number of amides is 2. The third-order valence-corrected chi connectivity index (χ3v) is 5.57. The van der Waals surface area contributed by atoms with Crippen LogP contribution in [0.3, 0.4) is 0 Å². The maximum atomic E-state index is 12.6. The topological polar surface area (TPSA) is 87.2 Å². The fourth-order valence-corrected chi connectivity index (χ4v) is 4.06. The van der Waals surface area contributed by atoms with Crippen LogP contribution in [0.5, 0.6) is 0 Å². The molecule has 2 aromatic rings. The second-order valence-electron chi connectivity index (χ2n) is 7.69. The normalized spacial score (nSPS) is 18.3. The molecule has 150 valence electrons. The molecule has 0 spiro atoms. The van der Waals surface area contributed by atoms with Crippen LogP contribution in [0.15, 0.2) is 36.0 Å². The van der Waals surface area contributed by atoms with E-state index in [9.17, 15) is 9.59 Å². The van der Waals surface area contributed by atoms with E-state index in [2.05, 4.69) is 20.6 Å². The van der Waals surface area contributed by atoms with Gasteiger partial charge in [0.1, 0.15) is 0 Å². The lowest BCUT2D eigenvalue weighted by Gasteiger charge is -2.39. The molecule has 2 N–H and O–H groups in total. The van der Waals surface area contributed by atoms with Gasteiger partial charge in [-0.15, -0.1) is 0 Å². The Hall–Kier alpha value is -3.22. The third-order valence-electron chi connectivity index (χ3n) is 5.57. The molecule has 7 heteroatoms. The molecular weight excluding hydrogens is 366 g/mol. The first-order chi connectivity index (χ1) is 13.9. The molecule has 1 fully saturated rings. The van der Waals surface area contributed by atoms with Crippen LogP contribution in [0.2, 0.25) is 0 Å². The van der Waals surface area contributed by atoms with Crippen molar-refractivity contribution in [1.29, 1.82) is 0 Å². The van der Waals surface area contributed by atoms with Gasteiger partial charge in [0.05, 0.1) is 17.4 Å². The van der Waals surface area contributed by atoms with Crippen LogP contribution in [-0.2, 0) is 4.79 Å². The average molecular weight is 391 g/mol. The number of fused-ring (bicyclic) bond motifs is 1. The number of nitrogens with one attached hydrogen (secondary N) is 2. The zero-order chi connectivity index (χ0) is 20.7. The van der Waals surface area contributed by atoms with Crippen molar-refractivity contribution in [2.75, 3.05) is 17.3 Å². The minimum atomic E-state index is -0.171. The van der Waals surface area contributed by atoms with Crippen LogP contribution in [0.1, 0.15) is 48.3 Å². The zero-order valence-electron chi connectivity index (χ0n) is 17.1. The molecule has 1 saturated carbocycles. The summed E-state index contributed by atoms with van der Waals surface area (Å²) in [5.74, 6) is 0.777. The van der Waals surface area contributed by atoms with E-state index >= 15 is 0 Å². The Morgan fingerprint density at radius 1 is 1.17 bits per heavy atom. The molecule has 2 amide bonds. The first-order valence-corrected chi connectivity index (χ1v) is 9.84. The van der Waals surface area contributed by atoms with Crippen molar-refractivity contribution in [2.24, 2.45) is 5.92 Å². The molecule has 2 heterocycles. The predicted molar refractivity (Wildman–Crippen MR) is 112 cm³/mol. The molecule has 1 aliphatic carbocycles. The van der Waals surface area contributed by atoms with E-state index in [4.69, 9.17) is 0 Å². The van der Waals surface area contributed by atoms with E-state index in [1.807, 2.05) is 36.9 Å². The lowest BCUT2D eigenvalue weighted by Crippen LogP contribution is -2.45. The minimum absolute atomic E-state index is 0.000971. The Balaban J connectivity index is 1.89. The number of aromatic nitrogens is 2. The minimum Gasteiger partial charge on any atom is -0.355 e. The Bertz CT molecular complexity index is 1030. The second-order valence-corrected chi connectivity index (χ2v) is 7.69. The zero-order valence-corrected chi connectivity index (χ0v) is 17.1. The van der Waals surface area contributed by atoms with Gasteiger partial charge in [0.25, 0.3) is 5.91 Å². The predicted octanol–water partition coefficient (Wildman–Crippen LogP) is 3.13. The first kappa shape index (κ1) is 19.1. The van der Waals surface area contributed by atoms with Crippen molar-refractivity contribution in [2.45, 2.75) is 39.7 Å². The summed E-state index contributed by atoms with van der Waals surface area (Å²) in [5.41, 5.74) is 4.95. The molecule has 2 aliphatic rings. The third kappa shape index (κ3) is 3.48. The molecule has 0 bridgehead atoms. The van der Waals surface area contributed by atoms with E-state index < -0.39 is 0 Å². The van der Waals surface area contributed by atoms with Crippen molar-refractivity contribution >= 4 is 29.1 Å². The number of rotatable bonds is 4. The number of carbonyl (C=O) groups is 2. The number of nitrogens with zero attached hydrogens (tertiary/aromatic N) is 3. The molecular formula is C22H25N5O2. The lowest BCUT2D eigenvalue weighted by molar-refractivity contribution is -0.117. The second kappa shape index (κ2) is 7.31. The van der Waals surface area contributed by atoms with Crippen LogP contribution in [0.4, 0.5) is 11.6 Å². The fourth-order valence-electron chi connectivity index (χ4n) is 4.06. The maximum absolute atomic E-state index is 12.6. The number of hydrogen-bond donors (Lipinski definition) is 2. The molecule has 0 unspecified atom stereocenters. The summed E-state index contributed by atoms with van der Waals surface area (Å²) in [6, 6.07) is 7.30. The van der Waals surface area contributed by atoms with Gasteiger partial charge in [-0.05, 0) is 62.4 Å². The summed E-state index contributed by atoms with van der Waals surface area (Å²) in [6.07, 6.45) is 3.92. The van der Waals surface area contributed by atoms with Crippen molar-refractivity contribution in [3.63, 3.8) is 0 Å². The quantitative estimate of drug-likeness (QED) is 0.836. The highest BCUT2D eigenvalue weighted by Crippen LogP contribution is 2.47. The summed E-state index contributed by atoms with van der Waals surface area (Å²) in [5, 5.41) is 6.03. The molecule has 1 atom stereocenters. The Labute approximate surface area is 170 Å². The maximum Gasteiger partial charge on any atom is 0.251 e. The standard InChI is InChI=1S/C22H25N5O2/c1-12-9-10-24-22(25-12)26-19-13(2)20(15-5-6-15)27(14(3)28)18-8-7-16(11-17(18)19)21(29)23-4/h7-11,15,20H,5-6H2,1-4H3,(H,23,29)(H,24,25,26)/t20-/m1/s1. The average Bonchev–Trinajstić information content (AvgIpc) is 3.53. The van der Waals surface area contributed by atoms with Gasteiger partial charge in [0.15, 0.2) is 0 Å². The van der Waals surface area contributed by atoms with Crippen LogP contribution in [0, 0.1) is 12.8 Å². The Morgan fingerprint density at radius 3 is 2.55 bits per heavy atom. The first-order valence-electron chi connectivity index (χ1n) is 9.84. The fraction of sp³-hybridized carbons (Fsp3) is 0.364. The molecule has 1 aliphatic heterocycles. The summed E-state index contributed by atoms with van der Waals surface area (Å²) >= 11 is 0. The van der Waals surface area contributed by atoms with Gasteiger partial charge in [-0.3, -0.25) is 9.59 Å². The summed E-state index contributed by atoms with van der Waals surface area (Å²) in [6.45, 7) is 5.56. The number of anilines is 2. The van der Waals surface area contributed by atoms with Crippen LogP contribution < -0.4 is 15.5 Å². The monoisotopic (exact) mass is 391 g/mol. The van der Waals surface area contributed by atoms with Crippen molar-refractivity contribution in [3.8, 4) is 0 Å². The molecule has 0 saturated heterocycles. The molecule has 4 rings (SSSR count). The molecule has 7 nitrogen and oxygen atoms in total. The van der Waals surface area contributed by atoms with Gasteiger partial charge >= 0.3 is 0 Å². The number of hydrogen-bond acceptors (Lipinski definition) is 5. The highest BCUT2D eigenvalue weighted by atomic mass is 16.2. The molecule has 0 radical (unpaired) electrons. The van der Waals surface area contributed by atoms with Gasteiger partial charge in [-0.25, -0.2) is 9.97 Å². The van der Waals surface area contributed by atoms with E-state index in [1.165, 1.54) is 0 Å². The van der Waals surface area contributed by atoms with Gasteiger partial charge in [0.2, 0.25) is 11.9 Å². The summed E-state index contributed by atoms with van der Waals surface area (Å²) in [4.78, 5) is 35.5. The number of carbonyl (C=O) groups excluding carboxylic acids is 2. The van der Waals surface area contributed by atoms with Crippen LogP contribution in [0.25, 0.3) is 5.70 Å². The van der Waals surface area contributed by atoms with Gasteiger partial charge in [-0.2, -0.15) is 0 Å². The van der Waals surface area contributed by atoms with Crippen molar-refractivity contribution in [1.82, 2.24) is 15.3 Å². The molecule has 29 heavy (non-hydrogen) atoms. The van der Waals surface area contributed by atoms with Crippen molar-refractivity contribution in [3.05, 3.63) is 52.9 Å². The molecule has 1 aromatic carbocycles. The van der Waals surface area contributed by atoms with Gasteiger partial charge < -0.3 is 15.5 Å².